The van der Waals surface area contributed by atoms with Gasteiger partial charge in [0.15, 0.2) is 0 Å². The average Bonchev–Trinajstić information content (AvgIpc) is 3.32. The lowest BCUT2D eigenvalue weighted by Crippen LogP contribution is -2.18. The highest BCUT2D eigenvalue weighted by Gasteiger charge is 2.29. The molecule has 1 heterocycles. The van der Waals surface area contributed by atoms with E-state index in [2.05, 4.69) is 22.5 Å². The molecule has 1 aliphatic rings. The van der Waals surface area contributed by atoms with Crippen molar-refractivity contribution in [1.82, 2.24) is 0 Å². The van der Waals surface area contributed by atoms with Gasteiger partial charge in [0.25, 0.3) is 0 Å². The summed E-state index contributed by atoms with van der Waals surface area (Å²) in [5, 5.41) is 2.07. The SMILES string of the molecule is COC(=O)c1c(SC)cc(-c2cccs2)c2c1C(C=Nc1ccccc1)=C(N)CC2. The van der Waals surface area contributed by atoms with E-state index in [0.717, 1.165) is 51.4 Å². The number of thioether (sulfide) groups is 1. The number of carbonyl (C=O) groups is 1. The second kappa shape index (κ2) is 8.90. The zero-order valence-corrected chi connectivity index (χ0v) is 18.5. The third-order valence-corrected chi connectivity index (χ3v) is 6.82. The molecule has 2 N–H and O–H groups in total. The van der Waals surface area contributed by atoms with Gasteiger partial charge in [-0.25, -0.2) is 4.79 Å². The van der Waals surface area contributed by atoms with Crippen LogP contribution in [0.5, 0.6) is 0 Å². The van der Waals surface area contributed by atoms with Gasteiger partial charge in [-0.3, -0.25) is 4.99 Å². The molecule has 1 aliphatic carbocycles. The highest BCUT2D eigenvalue weighted by Crippen LogP contribution is 2.43. The van der Waals surface area contributed by atoms with Crippen molar-refractivity contribution in [3.05, 3.63) is 76.3 Å². The molecule has 0 atom stereocenters. The highest BCUT2D eigenvalue weighted by molar-refractivity contribution is 7.98. The smallest absolute Gasteiger partial charge is 0.339 e. The summed E-state index contributed by atoms with van der Waals surface area (Å²) in [5.74, 6) is -0.353. The van der Waals surface area contributed by atoms with E-state index in [1.54, 1.807) is 17.6 Å². The number of fused-ring (bicyclic) bond motifs is 1. The molecule has 1 aromatic heterocycles. The fourth-order valence-corrected chi connectivity index (χ4v) is 5.12. The third-order valence-electron chi connectivity index (χ3n) is 5.15. The van der Waals surface area contributed by atoms with Crippen LogP contribution in [0.3, 0.4) is 0 Å². The number of esters is 1. The van der Waals surface area contributed by atoms with Gasteiger partial charge >= 0.3 is 5.97 Å². The monoisotopic (exact) mass is 434 g/mol. The topological polar surface area (TPSA) is 64.7 Å². The fourth-order valence-electron chi connectivity index (χ4n) is 3.73. The van der Waals surface area contributed by atoms with Crippen molar-refractivity contribution in [3.8, 4) is 10.4 Å². The zero-order chi connectivity index (χ0) is 21.1. The Kier molecular flexibility index (Phi) is 6.06. The van der Waals surface area contributed by atoms with Crippen molar-refractivity contribution >= 4 is 46.5 Å². The Morgan fingerprint density at radius 1 is 1.20 bits per heavy atom. The Hall–Kier alpha value is -2.83. The van der Waals surface area contributed by atoms with Gasteiger partial charge in [-0.05, 0) is 59.9 Å². The first-order chi connectivity index (χ1) is 14.6. The normalized spacial score (nSPS) is 13.5. The molecule has 152 valence electrons. The Bertz CT molecular complexity index is 1130. The lowest BCUT2D eigenvalue weighted by atomic mass is 9.82. The van der Waals surface area contributed by atoms with Gasteiger partial charge in [0.2, 0.25) is 0 Å². The van der Waals surface area contributed by atoms with E-state index < -0.39 is 0 Å². The predicted octanol–water partition coefficient (Wildman–Crippen LogP) is 5.94. The van der Waals surface area contributed by atoms with Crippen molar-refractivity contribution < 1.29 is 9.53 Å². The summed E-state index contributed by atoms with van der Waals surface area (Å²) in [6.07, 6.45) is 5.26. The van der Waals surface area contributed by atoms with Crippen LogP contribution in [0.4, 0.5) is 5.69 Å². The van der Waals surface area contributed by atoms with Crippen molar-refractivity contribution in [1.29, 1.82) is 0 Å². The average molecular weight is 435 g/mol. The van der Waals surface area contributed by atoms with Crippen molar-refractivity contribution in [2.75, 3.05) is 13.4 Å². The molecule has 4 nitrogen and oxygen atoms in total. The minimum atomic E-state index is -0.353. The fraction of sp³-hybridized carbons (Fsp3) is 0.167. The number of carbonyl (C=O) groups excluding carboxylic acids is 1. The summed E-state index contributed by atoms with van der Waals surface area (Å²) in [7, 11) is 1.42. The molecular weight excluding hydrogens is 412 g/mol. The molecule has 0 unspecified atom stereocenters. The first-order valence-electron chi connectivity index (χ1n) is 9.58. The maximum Gasteiger partial charge on any atom is 0.339 e. The lowest BCUT2D eigenvalue weighted by molar-refractivity contribution is 0.0596. The molecule has 2 aromatic carbocycles. The lowest BCUT2D eigenvalue weighted by Gasteiger charge is -2.25. The third kappa shape index (κ3) is 3.80. The van der Waals surface area contributed by atoms with E-state index in [9.17, 15) is 4.79 Å². The summed E-state index contributed by atoms with van der Waals surface area (Å²) in [4.78, 5) is 19.5. The van der Waals surface area contributed by atoms with Gasteiger partial charge in [0, 0.05) is 32.8 Å². The summed E-state index contributed by atoms with van der Waals surface area (Å²) < 4.78 is 5.16. The molecule has 6 heteroatoms. The predicted molar refractivity (Wildman–Crippen MR) is 127 cm³/mol. The van der Waals surface area contributed by atoms with Crippen LogP contribution in [0.2, 0.25) is 0 Å². The van der Waals surface area contributed by atoms with E-state index in [-0.39, 0.29) is 5.97 Å². The van der Waals surface area contributed by atoms with Crippen molar-refractivity contribution in [3.63, 3.8) is 0 Å². The summed E-state index contributed by atoms with van der Waals surface area (Å²) in [6, 6.07) is 16.0. The molecule has 4 rings (SSSR count). The van der Waals surface area contributed by atoms with Gasteiger partial charge < -0.3 is 10.5 Å². The van der Waals surface area contributed by atoms with Crippen molar-refractivity contribution in [2.24, 2.45) is 10.7 Å². The quantitative estimate of drug-likeness (QED) is 0.306. The summed E-state index contributed by atoms with van der Waals surface area (Å²) in [5.41, 5.74) is 12.5. The highest BCUT2D eigenvalue weighted by atomic mass is 32.2. The number of hydrogen-bond donors (Lipinski definition) is 1. The molecular formula is C24H22N2O2S2. The van der Waals surface area contributed by atoms with E-state index in [4.69, 9.17) is 10.5 Å². The largest absolute Gasteiger partial charge is 0.465 e. The van der Waals surface area contributed by atoms with E-state index >= 15 is 0 Å². The number of aliphatic imine (C=N–C) groups is 1. The van der Waals surface area contributed by atoms with Gasteiger partial charge in [-0.2, -0.15) is 0 Å². The molecule has 0 fully saturated rings. The van der Waals surface area contributed by atoms with Gasteiger partial charge in [-0.1, -0.05) is 24.3 Å². The number of methoxy groups -OCH3 is 1. The van der Waals surface area contributed by atoms with Crippen LogP contribution >= 0.6 is 23.1 Å². The standard InChI is InChI=1S/C24H22N2O2S2/c1-28-24(27)23-21(29-2)13-17(20-9-6-12-30-20)16-10-11-19(25)18(22(16)23)14-26-15-7-4-3-5-8-15/h3-9,12-14H,10-11,25H2,1-2H3. The molecule has 0 saturated heterocycles. The number of rotatable bonds is 5. The number of allylic oxidation sites excluding steroid dienone is 2. The molecule has 0 radical (unpaired) electrons. The van der Waals surface area contributed by atoms with Crippen molar-refractivity contribution in [2.45, 2.75) is 17.7 Å². The first-order valence-corrected chi connectivity index (χ1v) is 11.7. The minimum Gasteiger partial charge on any atom is -0.465 e. The molecule has 30 heavy (non-hydrogen) atoms. The maximum absolute atomic E-state index is 12.8. The Balaban J connectivity index is 1.98. The minimum absolute atomic E-state index is 0.353. The van der Waals surface area contributed by atoms with Crippen LogP contribution in [0, 0.1) is 0 Å². The molecule has 0 aliphatic heterocycles. The zero-order valence-electron chi connectivity index (χ0n) is 16.8. The Morgan fingerprint density at radius 3 is 2.67 bits per heavy atom. The second-order valence-electron chi connectivity index (χ2n) is 6.86. The van der Waals surface area contributed by atoms with Gasteiger partial charge in [0.1, 0.15) is 0 Å². The number of ether oxygens (including phenoxy) is 1. The molecule has 0 saturated carbocycles. The van der Waals surface area contributed by atoms with E-state index in [1.807, 2.05) is 42.7 Å². The number of para-hydroxylation sites is 1. The summed E-state index contributed by atoms with van der Waals surface area (Å²) >= 11 is 3.23. The van der Waals surface area contributed by atoms with Crippen LogP contribution in [0.15, 0.2) is 69.5 Å². The first kappa shape index (κ1) is 20.4. The van der Waals surface area contributed by atoms with Crippen LogP contribution < -0.4 is 5.73 Å². The number of nitrogens with zero attached hydrogens (tertiary/aromatic N) is 1. The van der Waals surface area contributed by atoms with Crippen LogP contribution in [-0.4, -0.2) is 25.5 Å². The maximum atomic E-state index is 12.8. The van der Waals surface area contributed by atoms with Gasteiger partial charge in [0.05, 0.1) is 18.4 Å². The number of nitrogens with two attached hydrogens (primary N) is 1. The van der Waals surface area contributed by atoms with E-state index in [1.165, 1.54) is 23.7 Å². The molecule has 0 amide bonds. The number of hydrogen-bond acceptors (Lipinski definition) is 6. The molecule has 3 aromatic rings. The molecule has 0 bridgehead atoms. The second-order valence-corrected chi connectivity index (χ2v) is 8.65. The van der Waals surface area contributed by atoms with Crippen LogP contribution in [0.1, 0.15) is 27.9 Å². The van der Waals surface area contributed by atoms with Crippen LogP contribution in [0.25, 0.3) is 16.0 Å². The number of benzene rings is 2. The Labute approximate surface area is 184 Å². The van der Waals surface area contributed by atoms with Crippen LogP contribution in [-0.2, 0) is 11.2 Å². The van der Waals surface area contributed by atoms with E-state index in [0.29, 0.717) is 5.56 Å². The van der Waals surface area contributed by atoms with Gasteiger partial charge in [-0.15, -0.1) is 23.1 Å². The molecule has 0 spiro atoms. The Morgan fingerprint density at radius 2 is 2.00 bits per heavy atom. The number of thiophene rings is 1. The summed E-state index contributed by atoms with van der Waals surface area (Å²) in [6.45, 7) is 0.